The van der Waals surface area contributed by atoms with Gasteiger partial charge < -0.3 is 14.0 Å². The molecule has 5 rings (SSSR count). The zero-order chi connectivity index (χ0) is 20.7. The average Bonchev–Trinajstić information content (AvgIpc) is 3.40. The summed E-state index contributed by atoms with van der Waals surface area (Å²) in [5, 5.41) is 13.0. The standard InChI is InChI=1S/C20H15ClFN5O3/c1-28-16-7-6-11(8-14(16)22)20-23-19(25-30-20)18-15-10-29-17(9-27(15)26-24-18)12-4-2-3-5-13(12)21/h2-8,17H,9-10H2,1H3/t17-/m1/s1. The molecule has 2 aromatic heterocycles. The number of aromatic nitrogens is 5. The van der Waals surface area contributed by atoms with E-state index in [2.05, 4.69) is 20.5 Å². The van der Waals surface area contributed by atoms with Gasteiger partial charge >= 0.3 is 0 Å². The van der Waals surface area contributed by atoms with Gasteiger partial charge in [-0.05, 0) is 24.3 Å². The lowest BCUT2D eigenvalue weighted by atomic mass is 10.1. The maximum Gasteiger partial charge on any atom is 0.258 e. The molecular weight excluding hydrogens is 413 g/mol. The molecule has 30 heavy (non-hydrogen) atoms. The Kier molecular flexibility index (Phi) is 4.68. The van der Waals surface area contributed by atoms with Gasteiger partial charge in [0.2, 0.25) is 5.82 Å². The molecular formula is C20H15ClFN5O3. The highest BCUT2D eigenvalue weighted by Crippen LogP contribution is 2.33. The molecule has 3 heterocycles. The second kappa shape index (κ2) is 7.51. The van der Waals surface area contributed by atoms with E-state index in [-0.39, 0.29) is 30.2 Å². The average molecular weight is 428 g/mol. The van der Waals surface area contributed by atoms with Gasteiger partial charge in [-0.15, -0.1) is 5.10 Å². The number of nitrogens with zero attached hydrogens (tertiary/aromatic N) is 5. The molecule has 0 spiro atoms. The molecule has 1 aliphatic heterocycles. The van der Waals surface area contributed by atoms with Crippen molar-refractivity contribution in [1.82, 2.24) is 25.1 Å². The van der Waals surface area contributed by atoms with Gasteiger partial charge in [-0.3, -0.25) is 0 Å². The molecule has 4 aromatic rings. The SMILES string of the molecule is COc1ccc(-c2nc(-c3nnn4c3CO[C@@H](c3ccccc3Cl)C4)no2)cc1F. The lowest BCUT2D eigenvalue weighted by Crippen LogP contribution is -2.22. The Morgan fingerprint density at radius 2 is 2.10 bits per heavy atom. The minimum absolute atomic E-state index is 0.135. The smallest absolute Gasteiger partial charge is 0.258 e. The third kappa shape index (κ3) is 3.21. The van der Waals surface area contributed by atoms with E-state index in [1.54, 1.807) is 10.7 Å². The van der Waals surface area contributed by atoms with E-state index in [0.29, 0.717) is 22.8 Å². The Labute approximate surface area is 175 Å². The van der Waals surface area contributed by atoms with Crippen molar-refractivity contribution in [3.8, 4) is 28.7 Å². The van der Waals surface area contributed by atoms with Crippen LogP contribution >= 0.6 is 11.6 Å². The molecule has 0 aliphatic carbocycles. The monoisotopic (exact) mass is 427 g/mol. The first-order chi connectivity index (χ1) is 14.6. The number of rotatable bonds is 4. The Bertz CT molecular complexity index is 1220. The summed E-state index contributed by atoms with van der Waals surface area (Å²) < 4.78 is 31.9. The summed E-state index contributed by atoms with van der Waals surface area (Å²) >= 11 is 6.28. The maximum atomic E-state index is 14.0. The largest absolute Gasteiger partial charge is 0.494 e. The third-order valence-corrected chi connectivity index (χ3v) is 5.23. The molecule has 0 bridgehead atoms. The summed E-state index contributed by atoms with van der Waals surface area (Å²) in [5.74, 6) is 0.0344. The van der Waals surface area contributed by atoms with Crippen LogP contribution in [0.25, 0.3) is 23.0 Å². The van der Waals surface area contributed by atoms with Crippen molar-refractivity contribution < 1.29 is 18.4 Å². The van der Waals surface area contributed by atoms with Crippen molar-refractivity contribution in [1.29, 1.82) is 0 Å². The molecule has 1 atom stereocenters. The molecule has 152 valence electrons. The van der Waals surface area contributed by atoms with Crippen LogP contribution in [0.2, 0.25) is 5.02 Å². The van der Waals surface area contributed by atoms with E-state index < -0.39 is 5.82 Å². The molecule has 0 unspecified atom stereocenters. The summed E-state index contributed by atoms with van der Waals surface area (Å²) in [6, 6.07) is 11.9. The fourth-order valence-corrected chi connectivity index (χ4v) is 3.60. The predicted molar refractivity (Wildman–Crippen MR) is 104 cm³/mol. The summed E-state index contributed by atoms with van der Waals surface area (Å²) in [5.41, 5.74) is 2.51. The summed E-state index contributed by atoms with van der Waals surface area (Å²) in [6.45, 7) is 0.722. The van der Waals surface area contributed by atoms with Gasteiger partial charge in [-0.25, -0.2) is 9.07 Å². The van der Waals surface area contributed by atoms with Gasteiger partial charge in [0, 0.05) is 16.1 Å². The number of hydrogen-bond acceptors (Lipinski definition) is 7. The Morgan fingerprint density at radius 1 is 1.23 bits per heavy atom. The van der Waals surface area contributed by atoms with Crippen LogP contribution in [0.15, 0.2) is 47.0 Å². The first-order valence-electron chi connectivity index (χ1n) is 9.10. The molecule has 10 heteroatoms. The first-order valence-corrected chi connectivity index (χ1v) is 9.48. The van der Waals surface area contributed by atoms with Crippen LogP contribution in [0.3, 0.4) is 0 Å². The van der Waals surface area contributed by atoms with Crippen molar-refractivity contribution in [2.45, 2.75) is 19.3 Å². The maximum absolute atomic E-state index is 14.0. The highest BCUT2D eigenvalue weighted by atomic mass is 35.5. The molecule has 0 radical (unpaired) electrons. The molecule has 0 saturated carbocycles. The van der Waals surface area contributed by atoms with Crippen molar-refractivity contribution in [3.63, 3.8) is 0 Å². The number of halogens is 2. The van der Waals surface area contributed by atoms with E-state index in [4.69, 9.17) is 25.6 Å². The number of benzene rings is 2. The van der Waals surface area contributed by atoms with E-state index >= 15 is 0 Å². The van der Waals surface area contributed by atoms with Crippen LogP contribution in [0.4, 0.5) is 4.39 Å². The topological polar surface area (TPSA) is 88.1 Å². The zero-order valence-electron chi connectivity index (χ0n) is 15.7. The van der Waals surface area contributed by atoms with Crippen LogP contribution in [0, 0.1) is 5.82 Å². The van der Waals surface area contributed by atoms with Crippen LogP contribution in [0.1, 0.15) is 17.4 Å². The van der Waals surface area contributed by atoms with E-state index in [0.717, 1.165) is 11.3 Å². The quantitative estimate of drug-likeness (QED) is 0.485. The minimum Gasteiger partial charge on any atom is -0.494 e. The van der Waals surface area contributed by atoms with Crippen LogP contribution in [-0.4, -0.2) is 32.2 Å². The fraction of sp³-hybridized carbons (Fsp3) is 0.200. The number of hydrogen-bond donors (Lipinski definition) is 0. The molecule has 0 amide bonds. The van der Waals surface area contributed by atoms with Crippen LogP contribution < -0.4 is 4.74 Å². The Balaban J connectivity index is 1.42. The molecule has 0 N–H and O–H groups in total. The number of methoxy groups -OCH3 is 1. The highest BCUT2D eigenvalue weighted by molar-refractivity contribution is 6.31. The summed E-state index contributed by atoms with van der Waals surface area (Å²) in [7, 11) is 1.40. The molecule has 0 saturated heterocycles. The third-order valence-electron chi connectivity index (χ3n) is 4.89. The van der Waals surface area contributed by atoms with Gasteiger partial charge in [0.25, 0.3) is 5.89 Å². The molecule has 1 aliphatic rings. The summed E-state index contributed by atoms with van der Waals surface area (Å²) in [4.78, 5) is 4.34. The Morgan fingerprint density at radius 3 is 2.90 bits per heavy atom. The van der Waals surface area contributed by atoms with Crippen molar-refractivity contribution in [2.24, 2.45) is 0 Å². The highest BCUT2D eigenvalue weighted by Gasteiger charge is 2.28. The molecule has 8 nitrogen and oxygen atoms in total. The minimum atomic E-state index is -0.519. The molecule has 0 fully saturated rings. The number of ether oxygens (including phenoxy) is 2. The van der Waals surface area contributed by atoms with Gasteiger partial charge in [0.15, 0.2) is 17.3 Å². The lowest BCUT2D eigenvalue weighted by Gasteiger charge is -2.24. The van der Waals surface area contributed by atoms with Crippen LogP contribution in [-0.2, 0) is 17.9 Å². The first kappa shape index (κ1) is 18.7. The van der Waals surface area contributed by atoms with E-state index in [1.807, 2.05) is 24.3 Å². The van der Waals surface area contributed by atoms with E-state index in [1.165, 1.54) is 19.2 Å². The van der Waals surface area contributed by atoms with Crippen molar-refractivity contribution in [3.05, 3.63) is 64.6 Å². The lowest BCUT2D eigenvalue weighted by molar-refractivity contribution is -0.00106. The predicted octanol–water partition coefficient (Wildman–Crippen LogP) is 4.07. The van der Waals surface area contributed by atoms with Crippen LogP contribution in [0.5, 0.6) is 5.75 Å². The van der Waals surface area contributed by atoms with Crippen molar-refractivity contribution in [2.75, 3.05) is 7.11 Å². The second-order valence-corrected chi connectivity index (χ2v) is 7.07. The second-order valence-electron chi connectivity index (χ2n) is 6.66. The van der Waals surface area contributed by atoms with Gasteiger partial charge in [0.05, 0.1) is 26.0 Å². The van der Waals surface area contributed by atoms with E-state index in [9.17, 15) is 4.39 Å². The fourth-order valence-electron chi connectivity index (χ4n) is 3.35. The normalized spacial score (nSPS) is 15.8. The Hall–Kier alpha value is -3.30. The van der Waals surface area contributed by atoms with Gasteiger partial charge in [-0.2, -0.15) is 4.98 Å². The molecule has 2 aromatic carbocycles. The van der Waals surface area contributed by atoms with Gasteiger partial charge in [-0.1, -0.05) is 40.2 Å². The zero-order valence-corrected chi connectivity index (χ0v) is 16.5. The summed E-state index contributed by atoms with van der Waals surface area (Å²) in [6.07, 6.45) is -0.233. The number of fused-ring (bicyclic) bond motifs is 1. The van der Waals surface area contributed by atoms with Crippen molar-refractivity contribution >= 4 is 11.6 Å². The van der Waals surface area contributed by atoms with Gasteiger partial charge in [0.1, 0.15) is 6.10 Å².